The van der Waals surface area contributed by atoms with Gasteiger partial charge in [0, 0.05) is 19.4 Å². The van der Waals surface area contributed by atoms with Gasteiger partial charge in [0.2, 0.25) is 5.95 Å². The molecule has 1 heterocycles. The Kier molecular flexibility index (Phi) is 5.88. The van der Waals surface area contributed by atoms with Crippen molar-refractivity contribution >= 4 is 11.8 Å². The maximum Gasteiger partial charge on any atom is 0.224 e. The molecular formula is C25H29N5O. The second-order valence-corrected chi connectivity index (χ2v) is 8.58. The maximum absolute atomic E-state index is 9.97. The zero-order valence-corrected chi connectivity index (χ0v) is 17.8. The fraction of sp³-hybridized carbons (Fsp3) is 0.320. The molecule has 4 rings (SSSR count). The number of benzene rings is 2. The lowest BCUT2D eigenvalue weighted by molar-refractivity contribution is -0.0511. The van der Waals surface area contributed by atoms with E-state index in [0.29, 0.717) is 30.3 Å². The lowest BCUT2D eigenvalue weighted by Gasteiger charge is -2.49. The summed E-state index contributed by atoms with van der Waals surface area (Å²) in [5.74, 6) is 0.995. The third kappa shape index (κ3) is 4.52. The first kappa shape index (κ1) is 20.8. The van der Waals surface area contributed by atoms with Gasteiger partial charge in [-0.2, -0.15) is 10.2 Å². The Morgan fingerprint density at radius 3 is 2.65 bits per heavy atom. The number of hydrogen-bond donors (Lipinski definition) is 3. The molecule has 3 N–H and O–H groups in total. The first-order valence-electron chi connectivity index (χ1n) is 10.6. The lowest BCUT2D eigenvalue weighted by Crippen LogP contribution is -2.57. The van der Waals surface area contributed by atoms with E-state index in [9.17, 15) is 10.4 Å². The smallest absolute Gasteiger partial charge is 0.224 e. The van der Waals surface area contributed by atoms with Crippen LogP contribution in [0.1, 0.15) is 32.8 Å². The zero-order chi connectivity index (χ0) is 21.8. The molecule has 0 spiro atoms. The number of nitriles is 1. The van der Waals surface area contributed by atoms with E-state index in [1.54, 1.807) is 0 Å². The molecule has 2 aromatic carbocycles. The second kappa shape index (κ2) is 8.75. The van der Waals surface area contributed by atoms with E-state index < -0.39 is 0 Å². The Balaban J connectivity index is 0.00000289. The van der Waals surface area contributed by atoms with Gasteiger partial charge in [-0.3, -0.25) is 0 Å². The van der Waals surface area contributed by atoms with Crippen LogP contribution in [0.5, 0.6) is 0 Å². The largest absolute Gasteiger partial charge is 0.392 e. The highest BCUT2D eigenvalue weighted by Gasteiger charge is 2.47. The predicted molar refractivity (Wildman–Crippen MR) is 125 cm³/mol. The first-order valence-corrected chi connectivity index (χ1v) is 10.6. The summed E-state index contributed by atoms with van der Waals surface area (Å²) in [6, 6.07) is 21.0. The van der Waals surface area contributed by atoms with Crippen LogP contribution in [-0.2, 0) is 6.42 Å². The summed E-state index contributed by atoms with van der Waals surface area (Å²) in [5, 5.41) is 26.0. The Morgan fingerprint density at radius 2 is 1.94 bits per heavy atom. The van der Waals surface area contributed by atoms with Crippen molar-refractivity contribution in [2.45, 2.75) is 38.8 Å². The van der Waals surface area contributed by atoms with Crippen LogP contribution in [0.3, 0.4) is 0 Å². The number of aromatic nitrogens is 2. The molecule has 1 fully saturated rings. The Labute approximate surface area is 184 Å². The summed E-state index contributed by atoms with van der Waals surface area (Å²) < 4.78 is 0. The van der Waals surface area contributed by atoms with Gasteiger partial charge in [-0.25, -0.2) is 4.98 Å². The molecule has 0 amide bonds. The predicted octanol–water partition coefficient (Wildman–Crippen LogP) is 4.49. The van der Waals surface area contributed by atoms with Crippen molar-refractivity contribution in [2.75, 3.05) is 17.2 Å². The van der Waals surface area contributed by atoms with Crippen LogP contribution < -0.4 is 10.6 Å². The van der Waals surface area contributed by atoms with Crippen molar-refractivity contribution in [1.29, 1.82) is 5.26 Å². The van der Waals surface area contributed by atoms with Gasteiger partial charge < -0.3 is 15.7 Å². The molecule has 3 aromatic rings. The Morgan fingerprint density at radius 1 is 1.16 bits per heavy atom. The standard InChI is InChI=1S/C25H27N5O.H2/c1-25(2)21(14-22(25)31)29-23-20(15-26)16-28-24(30-23)27-12-11-17-7-6-10-19(13-17)18-8-4-3-5-9-18;/h3-10,13,16,21-22,31H,11-12,14H2,1-2H3,(H2,27,28,29,30);1H/t21-,22+;/m1./s1. The van der Waals surface area contributed by atoms with Crippen molar-refractivity contribution in [3.05, 3.63) is 71.9 Å². The highest BCUT2D eigenvalue weighted by Crippen LogP contribution is 2.42. The van der Waals surface area contributed by atoms with Crippen LogP contribution in [0, 0.1) is 16.7 Å². The second-order valence-electron chi connectivity index (χ2n) is 8.58. The van der Waals surface area contributed by atoms with Gasteiger partial charge in [-0.1, -0.05) is 68.4 Å². The Hall–Kier alpha value is -3.43. The minimum atomic E-state index is -0.346. The zero-order valence-electron chi connectivity index (χ0n) is 17.8. The average Bonchev–Trinajstić information content (AvgIpc) is 2.80. The van der Waals surface area contributed by atoms with Gasteiger partial charge in [0.05, 0.1) is 12.3 Å². The summed E-state index contributed by atoms with van der Waals surface area (Å²) in [6.45, 7) is 4.70. The van der Waals surface area contributed by atoms with E-state index in [2.05, 4.69) is 63.1 Å². The maximum atomic E-state index is 9.97. The van der Waals surface area contributed by atoms with Crippen LogP contribution in [0.4, 0.5) is 11.8 Å². The number of aliphatic hydroxyl groups excluding tert-OH is 1. The molecule has 0 unspecified atom stereocenters. The molecule has 0 saturated heterocycles. The molecule has 1 aromatic heterocycles. The van der Waals surface area contributed by atoms with Crippen LogP contribution in [0.25, 0.3) is 11.1 Å². The molecule has 0 aliphatic heterocycles. The molecule has 160 valence electrons. The van der Waals surface area contributed by atoms with Crippen molar-refractivity contribution in [1.82, 2.24) is 9.97 Å². The molecule has 1 aliphatic carbocycles. The topological polar surface area (TPSA) is 93.9 Å². The van der Waals surface area contributed by atoms with Gasteiger partial charge in [0.25, 0.3) is 0 Å². The molecular weight excluding hydrogens is 386 g/mol. The van der Waals surface area contributed by atoms with E-state index in [0.717, 1.165) is 6.42 Å². The lowest BCUT2D eigenvalue weighted by atomic mass is 9.64. The molecule has 1 saturated carbocycles. The molecule has 0 bridgehead atoms. The van der Waals surface area contributed by atoms with Crippen LogP contribution >= 0.6 is 0 Å². The number of rotatable bonds is 7. The average molecular weight is 416 g/mol. The van der Waals surface area contributed by atoms with Gasteiger partial charge in [0.15, 0.2) is 0 Å². The number of anilines is 2. The van der Waals surface area contributed by atoms with E-state index in [1.165, 1.54) is 22.9 Å². The normalized spacial score (nSPS) is 19.2. The summed E-state index contributed by atoms with van der Waals surface area (Å²) in [5.41, 5.74) is 3.77. The molecule has 0 radical (unpaired) electrons. The number of hydrogen-bond acceptors (Lipinski definition) is 6. The molecule has 2 atom stereocenters. The van der Waals surface area contributed by atoms with Crippen molar-refractivity contribution in [3.63, 3.8) is 0 Å². The molecule has 31 heavy (non-hydrogen) atoms. The summed E-state index contributed by atoms with van der Waals surface area (Å²) in [4.78, 5) is 8.79. The highest BCUT2D eigenvalue weighted by atomic mass is 16.3. The highest BCUT2D eigenvalue weighted by molar-refractivity contribution is 5.64. The van der Waals surface area contributed by atoms with Gasteiger partial charge in [-0.15, -0.1) is 0 Å². The van der Waals surface area contributed by atoms with E-state index in [1.807, 2.05) is 32.0 Å². The van der Waals surface area contributed by atoms with Crippen molar-refractivity contribution in [2.24, 2.45) is 5.41 Å². The summed E-state index contributed by atoms with van der Waals surface area (Å²) in [7, 11) is 0. The van der Waals surface area contributed by atoms with Crippen molar-refractivity contribution < 1.29 is 6.53 Å². The van der Waals surface area contributed by atoms with Gasteiger partial charge >= 0.3 is 0 Å². The van der Waals surface area contributed by atoms with E-state index in [-0.39, 0.29) is 19.0 Å². The fourth-order valence-corrected chi connectivity index (χ4v) is 3.83. The number of nitrogens with zero attached hydrogens (tertiary/aromatic N) is 3. The summed E-state index contributed by atoms with van der Waals surface area (Å²) >= 11 is 0. The number of nitrogens with one attached hydrogen (secondary N) is 2. The fourth-order valence-electron chi connectivity index (χ4n) is 3.83. The number of aliphatic hydroxyl groups is 1. The van der Waals surface area contributed by atoms with Crippen LogP contribution in [0.15, 0.2) is 60.8 Å². The SMILES string of the molecule is CC1(C)[C@@H](O)C[C@H]1Nc1nc(NCCc2cccc(-c3ccccc3)c2)ncc1C#N.[HH]. The minimum Gasteiger partial charge on any atom is -0.392 e. The monoisotopic (exact) mass is 415 g/mol. The van der Waals surface area contributed by atoms with Crippen LogP contribution in [0.2, 0.25) is 0 Å². The third-order valence-corrected chi connectivity index (χ3v) is 6.17. The molecule has 1 aliphatic rings. The van der Waals surface area contributed by atoms with Crippen LogP contribution in [-0.4, -0.2) is 33.8 Å². The van der Waals surface area contributed by atoms with E-state index >= 15 is 0 Å². The van der Waals surface area contributed by atoms with E-state index in [4.69, 9.17) is 0 Å². The minimum absolute atomic E-state index is 0. The Bertz CT molecular complexity index is 1100. The molecule has 6 heteroatoms. The quantitative estimate of drug-likeness (QED) is 0.526. The molecule has 6 nitrogen and oxygen atoms in total. The van der Waals surface area contributed by atoms with Gasteiger partial charge in [-0.05, 0) is 29.5 Å². The summed E-state index contributed by atoms with van der Waals surface area (Å²) in [6.07, 6.45) is 2.66. The first-order chi connectivity index (χ1) is 15.0. The van der Waals surface area contributed by atoms with Gasteiger partial charge in [0.1, 0.15) is 17.5 Å². The third-order valence-electron chi connectivity index (χ3n) is 6.17. The van der Waals surface area contributed by atoms with Crippen molar-refractivity contribution in [3.8, 4) is 17.2 Å².